The summed E-state index contributed by atoms with van der Waals surface area (Å²) >= 11 is 0. The van der Waals surface area contributed by atoms with Crippen molar-refractivity contribution in [2.45, 2.75) is 17.7 Å². The molecule has 2 aromatic rings. The number of sulfonamides is 1. The van der Waals surface area contributed by atoms with Crippen LogP contribution in [0.4, 0.5) is 0 Å². The highest BCUT2D eigenvalue weighted by molar-refractivity contribution is 7.89. The molecule has 0 bridgehead atoms. The second kappa shape index (κ2) is 11.3. The normalized spacial score (nSPS) is 11.0. The number of carbonyl (C=O) groups excluding carboxylic acids is 1. The SMILES string of the molecule is COc1ccc(OCCCC(=O)NCCNS(=O)(=O)c2ccc(OC)cc2)cc1. The van der Waals surface area contributed by atoms with Crippen molar-refractivity contribution in [3.8, 4) is 17.2 Å². The topological polar surface area (TPSA) is 103 Å². The van der Waals surface area contributed by atoms with E-state index >= 15 is 0 Å². The van der Waals surface area contributed by atoms with E-state index < -0.39 is 10.0 Å². The maximum atomic E-state index is 12.2. The molecule has 158 valence electrons. The lowest BCUT2D eigenvalue weighted by Gasteiger charge is -2.09. The highest BCUT2D eigenvalue weighted by atomic mass is 32.2. The lowest BCUT2D eigenvalue weighted by Crippen LogP contribution is -2.34. The van der Waals surface area contributed by atoms with Crippen LogP contribution in [0.25, 0.3) is 0 Å². The fourth-order valence-electron chi connectivity index (χ4n) is 2.41. The van der Waals surface area contributed by atoms with Gasteiger partial charge in [-0.3, -0.25) is 4.79 Å². The molecule has 0 saturated heterocycles. The second-order valence-electron chi connectivity index (χ2n) is 6.05. The van der Waals surface area contributed by atoms with Crippen LogP contribution < -0.4 is 24.2 Å². The number of rotatable bonds is 12. The van der Waals surface area contributed by atoms with Crippen LogP contribution in [0.2, 0.25) is 0 Å². The van der Waals surface area contributed by atoms with Gasteiger partial charge >= 0.3 is 0 Å². The van der Waals surface area contributed by atoms with E-state index in [2.05, 4.69) is 10.0 Å². The van der Waals surface area contributed by atoms with E-state index in [1.54, 1.807) is 43.5 Å². The van der Waals surface area contributed by atoms with Crippen molar-refractivity contribution in [3.63, 3.8) is 0 Å². The molecule has 9 heteroatoms. The zero-order valence-corrected chi connectivity index (χ0v) is 17.3. The largest absolute Gasteiger partial charge is 0.497 e. The first kappa shape index (κ1) is 22.5. The predicted octanol–water partition coefficient (Wildman–Crippen LogP) is 1.96. The summed E-state index contributed by atoms with van der Waals surface area (Å²) in [6, 6.07) is 13.3. The van der Waals surface area contributed by atoms with E-state index in [4.69, 9.17) is 14.2 Å². The molecule has 0 spiro atoms. The number of hydrogen-bond donors (Lipinski definition) is 2. The van der Waals surface area contributed by atoms with Gasteiger partial charge in [0.25, 0.3) is 0 Å². The summed E-state index contributed by atoms with van der Waals surface area (Å²) in [6.45, 7) is 0.708. The van der Waals surface area contributed by atoms with Crippen LogP contribution in [0.1, 0.15) is 12.8 Å². The quantitative estimate of drug-likeness (QED) is 0.507. The van der Waals surface area contributed by atoms with Crippen LogP contribution in [-0.2, 0) is 14.8 Å². The number of carbonyl (C=O) groups is 1. The zero-order valence-electron chi connectivity index (χ0n) is 16.5. The molecule has 0 fully saturated rings. The lowest BCUT2D eigenvalue weighted by molar-refractivity contribution is -0.121. The summed E-state index contributed by atoms with van der Waals surface area (Å²) in [7, 11) is -0.520. The van der Waals surface area contributed by atoms with E-state index in [-0.39, 0.29) is 23.9 Å². The Hall–Kier alpha value is -2.78. The van der Waals surface area contributed by atoms with Gasteiger partial charge in [0.05, 0.1) is 25.7 Å². The van der Waals surface area contributed by atoms with Crippen LogP contribution in [0, 0.1) is 0 Å². The smallest absolute Gasteiger partial charge is 0.240 e. The third kappa shape index (κ3) is 7.63. The average molecular weight is 423 g/mol. The maximum Gasteiger partial charge on any atom is 0.240 e. The first-order chi connectivity index (χ1) is 13.9. The van der Waals surface area contributed by atoms with Gasteiger partial charge in [0.1, 0.15) is 17.2 Å². The van der Waals surface area contributed by atoms with Crippen molar-refractivity contribution < 1.29 is 27.4 Å². The minimum Gasteiger partial charge on any atom is -0.497 e. The Bertz CT molecular complexity index is 867. The maximum absolute atomic E-state index is 12.2. The molecule has 1 amide bonds. The van der Waals surface area contributed by atoms with Gasteiger partial charge in [-0.05, 0) is 55.0 Å². The highest BCUT2D eigenvalue weighted by Crippen LogP contribution is 2.17. The van der Waals surface area contributed by atoms with Crippen molar-refractivity contribution in [2.75, 3.05) is 33.9 Å². The average Bonchev–Trinajstić information content (AvgIpc) is 2.75. The molecular formula is C20H26N2O6S. The second-order valence-corrected chi connectivity index (χ2v) is 7.82. The Labute approximate surface area is 171 Å². The van der Waals surface area contributed by atoms with Gasteiger partial charge in [-0.25, -0.2) is 13.1 Å². The summed E-state index contributed by atoms with van der Waals surface area (Å²) in [5.74, 6) is 1.87. The summed E-state index contributed by atoms with van der Waals surface area (Å²) in [5.41, 5.74) is 0. The van der Waals surface area contributed by atoms with Gasteiger partial charge < -0.3 is 19.5 Å². The number of hydrogen-bond acceptors (Lipinski definition) is 6. The molecule has 2 rings (SSSR count). The van der Waals surface area contributed by atoms with Crippen molar-refractivity contribution in [1.82, 2.24) is 10.0 Å². The Morgan fingerprint density at radius 2 is 1.41 bits per heavy atom. The van der Waals surface area contributed by atoms with Gasteiger partial charge in [0, 0.05) is 19.5 Å². The Kier molecular flexibility index (Phi) is 8.75. The van der Waals surface area contributed by atoms with Gasteiger partial charge in [0.2, 0.25) is 15.9 Å². The molecule has 29 heavy (non-hydrogen) atoms. The van der Waals surface area contributed by atoms with Gasteiger partial charge in [0.15, 0.2) is 0 Å². The Morgan fingerprint density at radius 1 is 0.862 bits per heavy atom. The first-order valence-electron chi connectivity index (χ1n) is 9.12. The van der Waals surface area contributed by atoms with Gasteiger partial charge in [-0.15, -0.1) is 0 Å². The fourth-order valence-corrected chi connectivity index (χ4v) is 3.44. The van der Waals surface area contributed by atoms with E-state index in [9.17, 15) is 13.2 Å². The monoisotopic (exact) mass is 422 g/mol. The van der Waals surface area contributed by atoms with Crippen LogP contribution >= 0.6 is 0 Å². The number of benzene rings is 2. The van der Waals surface area contributed by atoms with E-state index in [1.165, 1.54) is 19.2 Å². The third-order valence-electron chi connectivity index (χ3n) is 3.99. The molecule has 2 aromatic carbocycles. The lowest BCUT2D eigenvalue weighted by atomic mass is 10.3. The fraction of sp³-hybridized carbons (Fsp3) is 0.350. The number of nitrogens with one attached hydrogen (secondary N) is 2. The van der Waals surface area contributed by atoms with E-state index in [1.807, 2.05) is 0 Å². The molecule has 2 N–H and O–H groups in total. The minimum atomic E-state index is -3.63. The van der Waals surface area contributed by atoms with E-state index in [0.717, 1.165) is 5.75 Å². The zero-order chi connectivity index (χ0) is 21.1. The van der Waals surface area contributed by atoms with Crippen molar-refractivity contribution in [2.24, 2.45) is 0 Å². The number of methoxy groups -OCH3 is 2. The molecule has 0 heterocycles. The molecule has 0 saturated carbocycles. The third-order valence-corrected chi connectivity index (χ3v) is 5.46. The van der Waals surface area contributed by atoms with Crippen LogP contribution in [0.15, 0.2) is 53.4 Å². The number of amides is 1. The molecule has 0 unspecified atom stereocenters. The van der Waals surface area contributed by atoms with Gasteiger partial charge in [-0.1, -0.05) is 0 Å². The molecule has 0 aliphatic rings. The van der Waals surface area contributed by atoms with Crippen LogP contribution in [0.5, 0.6) is 17.2 Å². The van der Waals surface area contributed by atoms with Gasteiger partial charge in [-0.2, -0.15) is 0 Å². The summed E-state index contributed by atoms with van der Waals surface area (Å²) in [6.07, 6.45) is 0.844. The molecule has 0 aliphatic heterocycles. The minimum absolute atomic E-state index is 0.0997. The first-order valence-corrected chi connectivity index (χ1v) is 10.6. The molecular weight excluding hydrogens is 396 g/mol. The summed E-state index contributed by atoms with van der Waals surface area (Å²) in [5, 5.41) is 2.68. The molecule has 0 atom stereocenters. The summed E-state index contributed by atoms with van der Waals surface area (Å²) in [4.78, 5) is 12.0. The molecule has 0 radical (unpaired) electrons. The van der Waals surface area contributed by atoms with Crippen molar-refractivity contribution in [3.05, 3.63) is 48.5 Å². The van der Waals surface area contributed by atoms with Crippen LogP contribution in [0.3, 0.4) is 0 Å². The standard InChI is InChI=1S/C20H26N2O6S/c1-26-16-5-7-18(8-6-16)28-15-3-4-20(23)21-13-14-22-29(24,25)19-11-9-17(27-2)10-12-19/h5-12,22H,3-4,13-15H2,1-2H3,(H,21,23). The molecule has 8 nitrogen and oxygen atoms in total. The number of ether oxygens (including phenoxy) is 3. The highest BCUT2D eigenvalue weighted by Gasteiger charge is 2.13. The van der Waals surface area contributed by atoms with E-state index in [0.29, 0.717) is 30.9 Å². The Balaban J connectivity index is 1.61. The van der Waals surface area contributed by atoms with Crippen molar-refractivity contribution in [1.29, 1.82) is 0 Å². The molecule has 0 aromatic heterocycles. The Morgan fingerprint density at radius 3 is 2.00 bits per heavy atom. The molecule has 0 aliphatic carbocycles. The van der Waals surface area contributed by atoms with Crippen molar-refractivity contribution >= 4 is 15.9 Å². The predicted molar refractivity (Wildman–Crippen MR) is 109 cm³/mol. The van der Waals surface area contributed by atoms with Crippen LogP contribution in [-0.4, -0.2) is 48.2 Å². The summed E-state index contributed by atoms with van der Waals surface area (Å²) < 4.78 is 42.4.